The number of carbonyl (C=O) groups excluding carboxylic acids is 2. The summed E-state index contributed by atoms with van der Waals surface area (Å²) in [7, 11) is 0. The predicted octanol–water partition coefficient (Wildman–Crippen LogP) is 1.38. The standard InChI is InChI=1S/C10H9N3O3/c1-6-4-9(13-16-6)12-10(15)8-3-2-7(5-14)11-8/h2-5,11H,1H3,(H,12,13,15). The van der Waals surface area contributed by atoms with E-state index < -0.39 is 0 Å². The van der Waals surface area contributed by atoms with Crippen LogP contribution in [0.4, 0.5) is 5.82 Å². The fourth-order valence-electron chi connectivity index (χ4n) is 1.22. The average Bonchev–Trinajstić information content (AvgIpc) is 2.87. The molecule has 0 fully saturated rings. The number of H-pyrrole nitrogens is 1. The third kappa shape index (κ3) is 2.00. The molecule has 6 heteroatoms. The molecule has 16 heavy (non-hydrogen) atoms. The minimum atomic E-state index is -0.374. The Hall–Kier alpha value is -2.37. The second-order valence-electron chi connectivity index (χ2n) is 3.22. The molecule has 0 aliphatic rings. The van der Waals surface area contributed by atoms with Crippen molar-refractivity contribution >= 4 is 18.0 Å². The molecule has 6 nitrogen and oxygen atoms in total. The molecule has 0 radical (unpaired) electrons. The summed E-state index contributed by atoms with van der Waals surface area (Å²) in [5.74, 6) is 0.571. The number of aryl methyl sites for hydroxylation is 1. The number of nitrogens with one attached hydrogen (secondary N) is 2. The van der Waals surface area contributed by atoms with Crippen molar-refractivity contribution in [2.24, 2.45) is 0 Å². The molecule has 0 aliphatic carbocycles. The molecule has 2 heterocycles. The molecule has 0 saturated carbocycles. The van der Waals surface area contributed by atoms with E-state index in [0.29, 0.717) is 29.3 Å². The van der Waals surface area contributed by atoms with Crippen molar-refractivity contribution in [2.45, 2.75) is 6.92 Å². The van der Waals surface area contributed by atoms with E-state index in [4.69, 9.17) is 4.52 Å². The quantitative estimate of drug-likeness (QED) is 0.763. The molecule has 0 aromatic carbocycles. The summed E-state index contributed by atoms with van der Waals surface area (Å²) in [4.78, 5) is 24.7. The van der Waals surface area contributed by atoms with Crippen LogP contribution in [-0.4, -0.2) is 22.3 Å². The van der Waals surface area contributed by atoms with E-state index in [2.05, 4.69) is 15.5 Å². The SMILES string of the molecule is Cc1cc(NC(=O)c2ccc(C=O)[nH]2)no1. The summed E-state index contributed by atoms with van der Waals surface area (Å²) >= 11 is 0. The van der Waals surface area contributed by atoms with E-state index in [1.165, 1.54) is 12.1 Å². The highest BCUT2D eigenvalue weighted by Gasteiger charge is 2.10. The van der Waals surface area contributed by atoms with Crippen LogP contribution in [0.2, 0.25) is 0 Å². The minimum absolute atomic E-state index is 0.294. The summed E-state index contributed by atoms with van der Waals surface area (Å²) < 4.78 is 4.80. The number of hydrogen-bond acceptors (Lipinski definition) is 4. The van der Waals surface area contributed by atoms with Gasteiger partial charge in [0.25, 0.3) is 5.91 Å². The summed E-state index contributed by atoms with van der Waals surface area (Å²) in [5.41, 5.74) is 0.643. The molecule has 2 N–H and O–H groups in total. The van der Waals surface area contributed by atoms with Gasteiger partial charge in [0.15, 0.2) is 12.1 Å². The molecule has 1 amide bonds. The smallest absolute Gasteiger partial charge is 0.273 e. The van der Waals surface area contributed by atoms with E-state index in [-0.39, 0.29) is 5.91 Å². The lowest BCUT2D eigenvalue weighted by atomic mass is 10.4. The maximum atomic E-state index is 11.6. The van der Waals surface area contributed by atoms with Crippen molar-refractivity contribution in [2.75, 3.05) is 5.32 Å². The van der Waals surface area contributed by atoms with E-state index in [1.807, 2.05) is 0 Å². The molecule has 0 saturated heterocycles. The lowest BCUT2D eigenvalue weighted by Crippen LogP contribution is -2.12. The van der Waals surface area contributed by atoms with Gasteiger partial charge in [-0.05, 0) is 19.1 Å². The monoisotopic (exact) mass is 219 g/mol. The Morgan fingerprint density at radius 3 is 2.94 bits per heavy atom. The summed E-state index contributed by atoms with van der Waals surface area (Å²) in [5, 5.41) is 6.14. The first-order chi connectivity index (χ1) is 7.69. The van der Waals surface area contributed by atoms with Crippen molar-refractivity contribution < 1.29 is 14.1 Å². The Kier molecular flexibility index (Phi) is 2.55. The van der Waals surface area contributed by atoms with Gasteiger partial charge < -0.3 is 14.8 Å². The number of aromatic nitrogens is 2. The predicted molar refractivity (Wildman–Crippen MR) is 55.4 cm³/mol. The van der Waals surface area contributed by atoms with E-state index in [0.717, 1.165) is 0 Å². The van der Waals surface area contributed by atoms with E-state index >= 15 is 0 Å². The Bertz CT molecular complexity index is 527. The Morgan fingerprint density at radius 1 is 1.56 bits per heavy atom. The van der Waals surface area contributed by atoms with Gasteiger partial charge in [-0.25, -0.2) is 0 Å². The summed E-state index contributed by atoms with van der Waals surface area (Å²) in [6.45, 7) is 1.72. The lowest BCUT2D eigenvalue weighted by molar-refractivity contribution is 0.102. The molecule has 0 spiro atoms. The second kappa shape index (κ2) is 4.01. The zero-order chi connectivity index (χ0) is 11.5. The first-order valence-corrected chi connectivity index (χ1v) is 4.58. The van der Waals surface area contributed by atoms with Crippen molar-refractivity contribution in [1.82, 2.24) is 10.1 Å². The highest BCUT2D eigenvalue weighted by Crippen LogP contribution is 2.09. The Balaban J connectivity index is 2.11. The number of rotatable bonds is 3. The molecular weight excluding hydrogens is 210 g/mol. The molecule has 0 atom stereocenters. The number of amides is 1. The maximum absolute atomic E-state index is 11.6. The minimum Gasteiger partial charge on any atom is -0.360 e. The summed E-state index contributed by atoms with van der Waals surface area (Å²) in [6.07, 6.45) is 0.636. The molecule has 82 valence electrons. The number of aromatic amines is 1. The van der Waals surface area contributed by atoms with E-state index in [1.54, 1.807) is 13.0 Å². The van der Waals surface area contributed by atoms with Gasteiger partial charge >= 0.3 is 0 Å². The fraction of sp³-hybridized carbons (Fsp3) is 0.100. The molecule has 2 rings (SSSR count). The number of carbonyl (C=O) groups is 2. The molecule has 0 bridgehead atoms. The zero-order valence-electron chi connectivity index (χ0n) is 8.48. The summed E-state index contributed by atoms with van der Waals surface area (Å²) in [6, 6.07) is 4.64. The molecule has 0 aliphatic heterocycles. The molecular formula is C10H9N3O3. The van der Waals surface area contributed by atoms with Crippen LogP contribution in [0.25, 0.3) is 0 Å². The largest absolute Gasteiger partial charge is 0.360 e. The van der Waals surface area contributed by atoms with Crippen molar-refractivity contribution in [3.63, 3.8) is 0 Å². The van der Waals surface area contributed by atoms with Gasteiger partial charge in [0, 0.05) is 6.07 Å². The van der Waals surface area contributed by atoms with Crippen LogP contribution < -0.4 is 5.32 Å². The zero-order valence-corrected chi connectivity index (χ0v) is 8.48. The van der Waals surface area contributed by atoms with Crippen LogP contribution in [-0.2, 0) is 0 Å². The third-order valence-corrected chi connectivity index (χ3v) is 1.95. The van der Waals surface area contributed by atoms with Crippen molar-refractivity contribution in [3.8, 4) is 0 Å². The second-order valence-corrected chi connectivity index (χ2v) is 3.22. The van der Waals surface area contributed by atoms with Crippen molar-refractivity contribution in [3.05, 3.63) is 35.3 Å². The molecule has 0 unspecified atom stereocenters. The number of anilines is 1. The molecule has 2 aromatic rings. The first-order valence-electron chi connectivity index (χ1n) is 4.58. The van der Waals surface area contributed by atoms with Gasteiger partial charge in [-0.1, -0.05) is 5.16 Å². The first kappa shape index (κ1) is 10.2. The highest BCUT2D eigenvalue weighted by atomic mass is 16.5. The van der Waals surface area contributed by atoms with Crippen LogP contribution in [0.1, 0.15) is 26.7 Å². The highest BCUT2D eigenvalue weighted by molar-refractivity contribution is 6.02. The fourth-order valence-corrected chi connectivity index (χ4v) is 1.22. The van der Waals surface area contributed by atoms with Crippen LogP contribution in [0.3, 0.4) is 0 Å². The molecule has 2 aromatic heterocycles. The van der Waals surface area contributed by atoms with Gasteiger partial charge in [-0.3, -0.25) is 9.59 Å². The Morgan fingerprint density at radius 2 is 2.38 bits per heavy atom. The van der Waals surface area contributed by atoms with Crippen LogP contribution in [0.15, 0.2) is 22.7 Å². The van der Waals surface area contributed by atoms with Gasteiger partial charge in [-0.2, -0.15) is 0 Å². The normalized spacial score (nSPS) is 10.1. The number of nitrogens with zero attached hydrogens (tertiary/aromatic N) is 1. The van der Waals surface area contributed by atoms with Crippen molar-refractivity contribution in [1.29, 1.82) is 0 Å². The number of hydrogen-bond donors (Lipinski definition) is 2. The Labute approximate surface area is 90.6 Å². The van der Waals surface area contributed by atoms with Crippen LogP contribution in [0.5, 0.6) is 0 Å². The van der Waals surface area contributed by atoms with Gasteiger partial charge in [-0.15, -0.1) is 0 Å². The topological polar surface area (TPSA) is 88.0 Å². The van der Waals surface area contributed by atoms with Gasteiger partial charge in [0.1, 0.15) is 11.5 Å². The number of aldehydes is 1. The van der Waals surface area contributed by atoms with Gasteiger partial charge in [0.2, 0.25) is 0 Å². The maximum Gasteiger partial charge on any atom is 0.273 e. The lowest BCUT2D eigenvalue weighted by Gasteiger charge is -1.97. The average molecular weight is 219 g/mol. The van der Waals surface area contributed by atoms with E-state index in [9.17, 15) is 9.59 Å². The van der Waals surface area contributed by atoms with Gasteiger partial charge in [0.05, 0.1) is 5.69 Å². The van der Waals surface area contributed by atoms with Crippen LogP contribution in [0, 0.1) is 6.92 Å². The third-order valence-electron chi connectivity index (χ3n) is 1.95. The van der Waals surface area contributed by atoms with Crippen LogP contribution >= 0.6 is 0 Å².